The maximum Gasteiger partial charge on any atom is 0.0521 e. The van der Waals surface area contributed by atoms with Crippen LogP contribution in [0.3, 0.4) is 0 Å². The van der Waals surface area contributed by atoms with Gasteiger partial charge in [0, 0.05) is 19.3 Å². The molecular formula is C15H21N3. The van der Waals surface area contributed by atoms with Crippen LogP contribution < -0.4 is 5.73 Å². The van der Waals surface area contributed by atoms with Gasteiger partial charge in [-0.1, -0.05) is 31.2 Å². The Labute approximate surface area is 109 Å². The van der Waals surface area contributed by atoms with Crippen molar-refractivity contribution in [1.29, 1.82) is 0 Å². The largest absolute Gasteiger partial charge is 0.324 e. The molecule has 3 nitrogen and oxygen atoms in total. The fourth-order valence-electron chi connectivity index (χ4n) is 2.30. The van der Waals surface area contributed by atoms with E-state index >= 15 is 0 Å². The third-order valence-corrected chi connectivity index (χ3v) is 3.34. The molecule has 0 fully saturated rings. The highest BCUT2D eigenvalue weighted by Crippen LogP contribution is 2.21. The highest BCUT2D eigenvalue weighted by atomic mass is 15.2. The van der Waals surface area contributed by atoms with Gasteiger partial charge in [-0.2, -0.15) is 5.10 Å². The third-order valence-electron chi connectivity index (χ3n) is 3.34. The molecule has 0 saturated carbocycles. The Kier molecular flexibility index (Phi) is 4.15. The monoisotopic (exact) mass is 243 g/mol. The van der Waals surface area contributed by atoms with Gasteiger partial charge < -0.3 is 5.73 Å². The molecule has 2 aromatic rings. The first kappa shape index (κ1) is 12.8. The summed E-state index contributed by atoms with van der Waals surface area (Å²) in [5, 5.41) is 4.18. The minimum absolute atomic E-state index is 0.112. The Bertz CT molecular complexity index is 502. The highest BCUT2D eigenvalue weighted by molar-refractivity contribution is 5.29. The quantitative estimate of drug-likeness (QED) is 0.877. The van der Waals surface area contributed by atoms with Crippen LogP contribution >= 0.6 is 0 Å². The first-order chi connectivity index (χ1) is 8.70. The van der Waals surface area contributed by atoms with E-state index in [2.05, 4.69) is 42.5 Å². The van der Waals surface area contributed by atoms with E-state index in [0.717, 1.165) is 19.3 Å². The smallest absolute Gasteiger partial charge is 0.0521 e. The molecule has 1 unspecified atom stereocenters. The van der Waals surface area contributed by atoms with Gasteiger partial charge in [-0.15, -0.1) is 0 Å². The van der Waals surface area contributed by atoms with E-state index < -0.39 is 0 Å². The Morgan fingerprint density at radius 2 is 2.11 bits per heavy atom. The zero-order chi connectivity index (χ0) is 13.0. The average Bonchev–Trinajstić information content (AvgIpc) is 2.81. The average molecular weight is 243 g/mol. The summed E-state index contributed by atoms with van der Waals surface area (Å²) in [4.78, 5) is 0. The summed E-state index contributed by atoms with van der Waals surface area (Å²) in [6.07, 6.45) is 6.95. The van der Waals surface area contributed by atoms with Crippen LogP contribution in [-0.4, -0.2) is 9.78 Å². The van der Waals surface area contributed by atoms with Crippen molar-refractivity contribution in [3.63, 3.8) is 0 Å². The first-order valence-corrected chi connectivity index (χ1v) is 6.51. The fraction of sp³-hybridized carbons (Fsp3) is 0.400. The maximum atomic E-state index is 6.30. The van der Waals surface area contributed by atoms with Gasteiger partial charge >= 0.3 is 0 Å². The molecule has 96 valence electrons. The molecule has 1 heterocycles. The predicted molar refractivity (Wildman–Crippen MR) is 74.3 cm³/mol. The first-order valence-electron chi connectivity index (χ1n) is 6.51. The summed E-state index contributed by atoms with van der Waals surface area (Å²) in [7, 11) is 1.94. The van der Waals surface area contributed by atoms with E-state index in [9.17, 15) is 0 Å². The minimum atomic E-state index is 0.112. The predicted octanol–water partition coefficient (Wildman–Crippen LogP) is 2.62. The molecule has 1 atom stereocenters. The Hall–Kier alpha value is -1.61. The van der Waals surface area contributed by atoms with Crippen LogP contribution in [0.5, 0.6) is 0 Å². The van der Waals surface area contributed by atoms with Gasteiger partial charge in [0.15, 0.2) is 0 Å². The molecule has 0 amide bonds. The summed E-state index contributed by atoms with van der Waals surface area (Å²) < 4.78 is 1.83. The van der Waals surface area contributed by atoms with Gasteiger partial charge in [0.2, 0.25) is 0 Å². The van der Waals surface area contributed by atoms with Crippen molar-refractivity contribution in [2.24, 2.45) is 12.8 Å². The molecule has 0 bridgehead atoms. The molecule has 0 spiro atoms. The third kappa shape index (κ3) is 2.99. The van der Waals surface area contributed by atoms with Gasteiger partial charge in [0.1, 0.15) is 0 Å². The molecule has 0 radical (unpaired) electrons. The molecule has 1 aromatic heterocycles. The van der Waals surface area contributed by atoms with Crippen LogP contribution in [0, 0.1) is 0 Å². The van der Waals surface area contributed by atoms with Crippen molar-refractivity contribution in [3.8, 4) is 0 Å². The van der Waals surface area contributed by atoms with Gasteiger partial charge in [-0.25, -0.2) is 0 Å². The molecule has 1 aromatic carbocycles. The Morgan fingerprint density at radius 3 is 2.78 bits per heavy atom. The van der Waals surface area contributed by atoms with E-state index in [1.54, 1.807) is 0 Å². The van der Waals surface area contributed by atoms with Gasteiger partial charge in [-0.05, 0) is 36.0 Å². The lowest BCUT2D eigenvalue weighted by Crippen LogP contribution is -2.13. The van der Waals surface area contributed by atoms with Crippen LogP contribution in [0.4, 0.5) is 0 Å². The number of aryl methyl sites for hydroxylation is 3. The van der Waals surface area contributed by atoms with Crippen molar-refractivity contribution in [2.75, 3.05) is 0 Å². The van der Waals surface area contributed by atoms with E-state index in [-0.39, 0.29) is 6.04 Å². The van der Waals surface area contributed by atoms with E-state index in [4.69, 9.17) is 5.73 Å². The lowest BCUT2D eigenvalue weighted by atomic mass is 9.95. The number of aromatic nitrogens is 2. The second-order valence-electron chi connectivity index (χ2n) is 4.72. The summed E-state index contributed by atoms with van der Waals surface area (Å²) >= 11 is 0. The SMILES string of the molecule is CCc1ccccc1C(N)CCc1cnn(C)c1. The summed E-state index contributed by atoms with van der Waals surface area (Å²) in [6, 6.07) is 8.57. The van der Waals surface area contributed by atoms with Crippen molar-refractivity contribution < 1.29 is 0 Å². The van der Waals surface area contributed by atoms with Gasteiger partial charge in [0.25, 0.3) is 0 Å². The van der Waals surface area contributed by atoms with E-state index in [1.165, 1.54) is 16.7 Å². The Morgan fingerprint density at radius 1 is 1.33 bits per heavy atom. The van der Waals surface area contributed by atoms with E-state index in [1.807, 2.05) is 17.9 Å². The number of hydrogen-bond donors (Lipinski definition) is 1. The van der Waals surface area contributed by atoms with Crippen molar-refractivity contribution >= 4 is 0 Å². The lowest BCUT2D eigenvalue weighted by molar-refractivity contribution is 0.644. The van der Waals surface area contributed by atoms with Crippen LogP contribution in [0.2, 0.25) is 0 Å². The van der Waals surface area contributed by atoms with Crippen LogP contribution in [0.15, 0.2) is 36.7 Å². The molecule has 0 aliphatic rings. The summed E-state index contributed by atoms with van der Waals surface area (Å²) in [5.41, 5.74) is 10.2. The normalized spacial score (nSPS) is 12.6. The number of rotatable bonds is 5. The minimum Gasteiger partial charge on any atom is -0.324 e. The molecular weight excluding hydrogens is 222 g/mol. The summed E-state index contributed by atoms with van der Waals surface area (Å²) in [5.74, 6) is 0. The van der Waals surface area contributed by atoms with Gasteiger partial charge in [-0.3, -0.25) is 4.68 Å². The van der Waals surface area contributed by atoms with Crippen LogP contribution in [0.1, 0.15) is 36.1 Å². The number of nitrogens with zero attached hydrogens (tertiary/aromatic N) is 2. The lowest BCUT2D eigenvalue weighted by Gasteiger charge is -2.15. The van der Waals surface area contributed by atoms with Crippen molar-refractivity contribution in [2.45, 2.75) is 32.2 Å². The van der Waals surface area contributed by atoms with Crippen LogP contribution in [0.25, 0.3) is 0 Å². The molecule has 18 heavy (non-hydrogen) atoms. The molecule has 0 saturated heterocycles. The maximum absolute atomic E-state index is 6.30. The second-order valence-corrected chi connectivity index (χ2v) is 4.72. The molecule has 2 rings (SSSR count). The number of hydrogen-bond acceptors (Lipinski definition) is 2. The zero-order valence-electron chi connectivity index (χ0n) is 11.1. The molecule has 0 aliphatic heterocycles. The van der Waals surface area contributed by atoms with Gasteiger partial charge in [0.05, 0.1) is 6.20 Å². The Balaban J connectivity index is 2.01. The standard InChI is InChI=1S/C15H21N3/c1-3-13-6-4-5-7-14(13)15(16)9-8-12-10-17-18(2)11-12/h4-7,10-11,15H,3,8-9,16H2,1-2H3. The summed E-state index contributed by atoms with van der Waals surface area (Å²) in [6.45, 7) is 2.17. The van der Waals surface area contributed by atoms with Crippen molar-refractivity contribution in [1.82, 2.24) is 9.78 Å². The highest BCUT2D eigenvalue weighted by Gasteiger charge is 2.10. The molecule has 3 heteroatoms. The zero-order valence-corrected chi connectivity index (χ0v) is 11.1. The number of nitrogens with two attached hydrogens (primary N) is 1. The fourth-order valence-corrected chi connectivity index (χ4v) is 2.30. The van der Waals surface area contributed by atoms with E-state index in [0.29, 0.717) is 0 Å². The van der Waals surface area contributed by atoms with Crippen molar-refractivity contribution in [3.05, 3.63) is 53.3 Å². The molecule has 2 N–H and O–H groups in total. The number of benzene rings is 1. The topological polar surface area (TPSA) is 43.8 Å². The van der Waals surface area contributed by atoms with Crippen LogP contribution in [-0.2, 0) is 19.9 Å². The second kappa shape index (κ2) is 5.83. The molecule has 0 aliphatic carbocycles.